The Morgan fingerprint density at radius 3 is 2.67 bits per heavy atom. The molecule has 11 heteroatoms. The number of rotatable bonds is 7. The first-order valence-electron chi connectivity index (χ1n) is 11.9. The largest absolute Gasteiger partial charge is 0.478 e. The lowest BCUT2D eigenvalue weighted by Crippen LogP contribution is -2.45. The van der Waals surface area contributed by atoms with Crippen molar-refractivity contribution in [1.82, 2.24) is 24.9 Å². The van der Waals surface area contributed by atoms with Gasteiger partial charge in [-0.1, -0.05) is 22.8 Å². The number of thiophene rings is 1. The van der Waals surface area contributed by atoms with E-state index in [0.717, 1.165) is 36.9 Å². The van der Waals surface area contributed by atoms with Crippen LogP contribution >= 0.6 is 22.9 Å². The van der Waals surface area contributed by atoms with Gasteiger partial charge in [0.1, 0.15) is 5.69 Å². The molecular formula is C25H24ClN5O4S. The minimum atomic E-state index is -1.09. The van der Waals surface area contributed by atoms with Crippen LogP contribution in [0.2, 0.25) is 4.34 Å². The number of nitrogens with one attached hydrogen (secondary N) is 1. The Hall–Kier alpha value is -3.21. The molecule has 3 aromatic heterocycles. The number of likely N-dealkylation sites (tertiary alicyclic amines) is 1. The van der Waals surface area contributed by atoms with Crippen molar-refractivity contribution in [3.63, 3.8) is 0 Å². The van der Waals surface area contributed by atoms with Gasteiger partial charge in [-0.3, -0.25) is 4.79 Å². The molecule has 0 spiro atoms. The number of aromatic nitrogens is 3. The summed E-state index contributed by atoms with van der Waals surface area (Å²) in [7, 11) is 0. The highest BCUT2D eigenvalue weighted by Gasteiger charge is 2.33. The molecule has 1 amide bonds. The van der Waals surface area contributed by atoms with E-state index in [4.69, 9.17) is 16.1 Å². The summed E-state index contributed by atoms with van der Waals surface area (Å²) in [5.74, 6) is -0.693. The fourth-order valence-corrected chi connectivity index (χ4v) is 5.89. The Labute approximate surface area is 215 Å². The average Bonchev–Trinajstić information content (AvgIpc) is 3.27. The van der Waals surface area contributed by atoms with Crippen LogP contribution in [-0.4, -0.2) is 61.8 Å². The number of carboxylic acids is 1. The van der Waals surface area contributed by atoms with Crippen molar-refractivity contribution in [1.29, 1.82) is 0 Å². The number of para-hydroxylation sites is 1. The first-order valence-corrected chi connectivity index (χ1v) is 13.1. The molecule has 1 aliphatic heterocycles. The molecule has 2 N–H and O–H groups in total. The lowest BCUT2D eigenvalue weighted by molar-refractivity contribution is 0.0697. The molecule has 1 saturated heterocycles. The molecule has 6 rings (SSSR count). The molecule has 0 bridgehead atoms. The molecule has 9 nitrogen and oxygen atoms in total. The van der Waals surface area contributed by atoms with Crippen molar-refractivity contribution in [2.24, 2.45) is 0 Å². The van der Waals surface area contributed by atoms with E-state index < -0.39 is 5.97 Å². The highest BCUT2D eigenvalue weighted by Crippen LogP contribution is 2.32. The highest BCUT2D eigenvalue weighted by atomic mass is 35.5. The zero-order chi connectivity index (χ0) is 24.8. The van der Waals surface area contributed by atoms with Crippen molar-refractivity contribution in [3.8, 4) is 10.6 Å². The zero-order valence-corrected chi connectivity index (χ0v) is 20.9. The fraction of sp³-hybridized carbons (Fsp3) is 0.360. The number of fused-ring (bicyclic) bond motifs is 1. The molecule has 1 saturated carbocycles. The monoisotopic (exact) mass is 525 g/mol. The topological polar surface area (TPSA) is 113 Å². The van der Waals surface area contributed by atoms with Crippen LogP contribution in [0.4, 0.5) is 0 Å². The summed E-state index contributed by atoms with van der Waals surface area (Å²) in [5, 5.41) is 17.1. The zero-order valence-electron chi connectivity index (χ0n) is 19.3. The Kier molecular flexibility index (Phi) is 6.02. The summed E-state index contributed by atoms with van der Waals surface area (Å²) in [4.78, 5) is 33.3. The summed E-state index contributed by atoms with van der Waals surface area (Å²) in [5.41, 5.74) is 1.44. The predicted octanol–water partition coefficient (Wildman–Crippen LogP) is 4.51. The van der Waals surface area contributed by atoms with Gasteiger partial charge < -0.3 is 24.4 Å². The van der Waals surface area contributed by atoms with Gasteiger partial charge in [0.15, 0.2) is 11.6 Å². The summed E-state index contributed by atoms with van der Waals surface area (Å²) in [6.45, 7) is 2.08. The maximum Gasteiger partial charge on any atom is 0.337 e. The molecule has 1 aromatic carbocycles. The number of piperidine rings is 1. The number of carbonyl (C=O) groups is 2. The molecule has 0 atom stereocenters. The summed E-state index contributed by atoms with van der Waals surface area (Å²) < 4.78 is 7.76. The molecule has 186 valence electrons. The summed E-state index contributed by atoms with van der Waals surface area (Å²) in [6.07, 6.45) is 4.32. The number of carboxylic acid groups (broad SMARTS) is 1. The molecule has 0 radical (unpaired) electrons. The standard InChI is InChI=1S/C25H24ClN5O4S/c26-21-7-6-20(36-21)19-12-15(29-35-19)13-31-22-17(25(33)34)2-1-3-18(22)28-23(31)24(32)27-14-8-10-30(11-9-14)16-4-5-16/h1-3,6-7,12,14,16H,4-5,8-11,13H2,(H,27,32)(H,33,34). The number of benzene rings is 1. The van der Waals surface area contributed by atoms with Crippen LogP contribution in [-0.2, 0) is 6.54 Å². The fourth-order valence-electron chi connectivity index (χ4n) is 4.90. The van der Waals surface area contributed by atoms with Crippen LogP contribution in [0, 0.1) is 0 Å². The van der Waals surface area contributed by atoms with Gasteiger partial charge in [-0.15, -0.1) is 11.3 Å². The molecule has 4 aromatic rings. The molecular weight excluding hydrogens is 502 g/mol. The molecule has 4 heterocycles. The third kappa shape index (κ3) is 4.52. The highest BCUT2D eigenvalue weighted by molar-refractivity contribution is 7.19. The van der Waals surface area contributed by atoms with E-state index in [9.17, 15) is 14.7 Å². The Balaban J connectivity index is 1.31. The van der Waals surface area contributed by atoms with E-state index in [2.05, 4.69) is 20.4 Å². The van der Waals surface area contributed by atoms with Crippen LogP contribution in [0.1, 0.15) is 52.4 Å². The van der Waals surface area contributed by atoms with Crippen LogP contribution in [0.5, 0.6) is 0 Å². The predicted molar refractivity (Wildman–Crippen MR) is 136 cm³/mol. The second kappa shape index (κ2) is 9.34. The Morgan fingerprint density at radius 1 is 1.17 bits per heavy atom. The van der Waals surface area contributed by atoms with Gasteiger partial charge in [0, 0.05) is 31.2 Å². The van der Waals surface area contributed by atoms with Gasteiger partial charge in [0.25, 0.3) is 5.91 Å². The van der Waals surface area contributed by atoms with Crippen molar-refractivity contribution >= 4 is 45.8 Å². The molecule has 0 unspecified atom stereocenters. The van der Waals surface area contributed by atoms with E-state index in [1.165, 1.54) is 30.2 Å². The molecule has 2 aliphatic rings. The SMILES string of the molecule is O=C(O)c1cccc2nc(C(=O)NC3CCN(C4CC4)CC3)n(Cc3cc(-c4ccc(Cl)s4)on3)c12. The van der Waals surface area contributed by atoms with Crippen LogP contribution in [0.3, 0.4) is 0 Å². The van der Waals surface area contributed by atoms with Gasteiger partial charge >= 0.3 is 5.97 Å². The molecule has 2 fully saturated rings. The van der Waals surface area contributed by atoms with E-state index >= 15 is 0 Å². The summed E-state index contributed by atoms with van der Waals surface area (Å²) in [6, 6.07) is 11.0. The van der Waals surface area contributed by atoms with Crippen LogP contribution in [0.15, 0.2) is 40.9 Å². The van der Waals surface area contributed by atoms with Crippen LogP contribution in [0.25, 0.3) is 21.7 Å². The second-order valence-corrected chi connectivity index (χ2v) is 11.0. The van der Waals surface area contributed by atoms with E-state index in [1.807, 2.05) is 6.07 Å². The Bertz CT molecular complexity index is 1450. The maximum atomic E-state index is 13.4. The Morgan fingerprint density at radius 2 is 1.97 bits per heavy atom. The van der Waals surface area contributed by atoms with E-state index in [-0.39, 0.29) is 29.9 Å². The van der Waals surface area contributed by atoms with Crippen molar-refractivity contribution in [3.05, 3.63) is 57.8 Å². The number of hydrogen-bond donors (Lipinski definition) is 2. The number of hydrogen-bond acceptors (Lipinski definition) is 7. The second-order valence-electron chi connectivity index (χ2n) is 9.30. The third-order valence-corrected chi connectivity index (χ3v) is 8.07. The van der Waals surface area contributed by atoms with Gasteiger partial charge in [-0.25, -0.2) is 9.78 Å². The average molecular weight is 526 g/mol. The van der Waals surface area contributed by atoms with Gasteiger partial charge in [0.2, 0.25) is 0 Å². The molecule has 1 aliphatic carbocycles. The first-order chi connectivity index (χ1) is 17.5. The quantitative estimate of drug-likeness (QED) is 0.365. The third-order valence-electron chi connectivity index (χ3n) is 6.82. The minimum Gasteiger partial charge on any atom is -0.478 e. The van der Waals surface area contributed by atoms with Crippen molar-refractivity contribution in [2.75, 3.05) is 13.1 Å². The number of amides is 1. The number of imidazole rings is 1. The van der Waals surface area contributed by atoms with Crippen molar-refractivity contribution < 1.29 is 19.2 Å². The lowest BCUT2D eigenvalue weighted by atomic mass is 10.0. The van der Waals surface area contributed by atoms with Crippen molar-refractivity contribution in [2.45, 2.75) is 44.3 Å². The van der Waals surface area contributed by atoms with E-state index in [1.54, 1.807) is 28.8 Å². The minimum absolute atomic E-state index is 0.0573. The number of nitrogens with zero attached hydrogens (tertiary/aromatic N) is 4. The van der Waals surface area contributed by atoms with Crippen LogP contribution < -0.4 is 5.32 Å². The number of aromatic carboxylic acids is 1. The smallest absolute Gasteiger partial charge is 0.337 e. The number of halogens is 1. The summed E-state index contributed by atoms with van der Waals surface area (Å²) >= 11 is 7.42. The maximum absolute atomic E-state index is 13.4. The van der Waals surface area contributed by atoms with Gasteiger partial charge in [0.05, 0.1) is 32.4 Å². The number of carbonyl (C=O) groups excluding carboxylic acids is 1. The normalized spacial score (nSPS) is 17.0. The van der Waals surface area contributed by atoms with Gasteiger partial charge in [-0.05, 0) is 49.9 Å². The van der Waals surface area contributed by atoms with Gasteiger partial charge in [-0.2, -0.15) is 0 Å². The molecule has 36 heavy (non-hydrogen) atoms. The first kappa shape index (κ1) is 23.2. The lowest BCUT2D eigenvalue weighted by Gasteiger charge is -2.32. The van der Waals surface area contributed by atoms with E-state index in [0.29, 0.717) is 26.8 Å².